The fourth-order valence-electron chi connectivity index (χ4n) is 4.25. The van der Waals surface area contributed by atoms with Gasteiger partial charge in [0, 0.05) is 37.5 Å². The summed E-state index contributed by atoms with van der Waals surface area (Å²) < 4.78 is 87.6. The fourth-order valence-corrected chi connectivity index (χ4v) is 4.25. The first-order valence-electron chi connectivity index (χ1n) is 11.0. The number of pyridine rings is 1. The third-order valence-corrected chi connectivity index (χ3v) is 5.99. The lowest BCUT2D eigenvalue weighted by Gasteiger charge is -2.42. The number of carbonyl (C=O) groups is 1. The minimum absolute atomic E-state index is 0.0911. The van der Waals surface area contributed by atoms with Gasteiger partial charge in [-0.25, -0.2) is 18.2 Å². The standard InChI is InChI=1S/C24H22F6N4O2/c1-14-9-23(26,27)13-34(19(14)12-36-20-8-5-16(10-31-20)24(28,29)30)22(35)21-18(11-33(2)32-21)15-3-6-17(25)7-4-15/h3-8,10-11,14,19H,9,12-13H2,1-2H3. The number of halogens is 6. The number of carbonyl (C=O) groups excluding carboxylic acids is 1. The Morgan fingerprint density at radius 3 is 2.47 bits per heavy atom. The monoisotopic (exact) mass is 512 g/mol. The first-order chi connectivity index (χ1) is 16.8. The predicted molar refractivity (Wildman–Crippen MR) is 117 cm³/mol. The number of nitrogens with zero attached hydrogens (tertiary/aromatic N) is 4. The predicted octanol–water partition coefficient (Wildman–Crippen LogP) is 5.20. The van der Waals surface area contributed by atoms with Crippen LogP contribution in [0.3, 0.4) is 0 Å². The quantitative estimate of drug-likeness (QED) is 0.441. The Bertz CT molecular complexity index is 1220. The maximum atomic E-state index is 14.5. The Labute approximate surface area is 202 Å². The van der Waals surface area contributed by atoms with Crippen LogP contribution in [-0.2, 0) is 13.2 Å². The van der Waals surface area contributed by atoms with Crippen LogP contribution in [-0.4, -0.2) is 50.7 Å². The second kappa shape index (κ2) is 9.47. The molecule has 1 aliphatic heterocycles. The van der Waals surface area contributed by atoms with Crippen LogP contribution in [0, 0.1) is 11.7 Å². The molecule has 1 aliphatic rings. The number of likely N-dealkylation sites (tertiary alicyclic amines) is 1. The third kappa shape index (κ3) is 5.47. The second-order valence-corrected chi connectivity index (χ2v) is 8.80. The number of aromatic nitrogens is 3. The summed E-state index contributed by atoms with van der Waals surface area (Å²) >= 11 is 0. The number of amides is 1. The Kier molecular flexibility index (Phi) is 6.72. The van der Waals surface area contributed by atoms with Gasteiger partial charge in [-0.15, -0.1) is 0 Å². The Morgan fingerprint density at radius 2 is 1.86 bits per heavy atom. The Hall–Kier alpha value is -3.57. The van der Waals surface area contributed by atoms with Gasteiger partial charge in [-0.3, -0.25) is 9.48 Å². The molecule has 2 atom stereocenters. The minimum Gasteiger partial charge on any atom is -0.475 e. The highest BCUT2D eigenvalue weighted by Crippen LogP contribution is 2.36. The smallest absolute Gasteiger partial charge is 0.417 e. The summed E-state index contributed by atoms with van der Waals surface area (Å²) in [5.74, 6) is -5.25. The van der Waals surface area contributed by atoms with Gasteiger partial charge >= 0.3 is 6.18 Å². The fraction of sp³-hybridized carbons (Fsp3) is 0.375. The molecule has 6 nitrogen and oxygen atoms in total. The van der Waals surface area contributed by atoms with Crippen molar-refractivity contribution in [3.8, 4) is 17.0 Å². The van der Waals surface area contributed by atoms with Crippen molar-refractivity contribution in [1.29, 1.82) is 0 Å². The van der Waals surface area contributed by atoms with E-state index in [1.807, 2.05) is 0 Å². The van der Waals surface area contributed by atoms with Gasteiger partial charge in [0.1, 0.15) is 12.4 Å². The zero-order valence-electron chi connectivity index (χ0n) is 19.3. The zero-order valence-corrected chi connectivity index (χ0v) is 19.3. The molecule has 4 rings (SSSR count). The van der Waals surface area contributed by atoms with Crippen molar-refractivity contribution in [1.82, 2.24) is 19.7 Å². The summed E-state index contributed by atoms with van der Waals surface area (Å²) in [6.07, 6.45) is -2.93. The average molecular weight is 512 g/mol. The molecule has 1 fully saturated rings. The van der Waals surface area contributed by atoms with E-state index in [0.29, 0.717) is 17.3 Å². The molecule has 2 unspecified atom stereocenters. The molecule has 12 heteroatoms. The van der Waals surface area contributed by atoms with Crippen molar-refractivity contribution in [3.05, 3.63) is 65.9 Å². The zero-order chi connectivity index (χ0) is 26.3. The van der Waals surface area contributed by atoms with E-state index in [9.17, 15) is 31.1 Å². The number of hydrogen-bond acceptors (Lipinski definition) is 4. The molecule has 0 N–H and O–H groups in total. The summed E-state index contributed by atoms with van der Waals surface area (Å²) in [5.41, 5.74) is -0.230. The van der Waals surface area contributed by atoms with E-state index in [1.165, 1.54) is 35.1 Å². The van der Waals surface area contributed by atoms with Gasteiger partial charge in [0.2, 0.25) is 5.88 Å². The van der Waals surface area contributed by atoms with E-state index in [-0.39, 0.29) is 18.2 Å². The summed E-state index contributed by atoms with van der Waals surface area (Å²) in [4.78, 5) is 18.1. The molecule has 0 bridgehead atoms. The lowest BCUT2D eigenvalue weighted by molar-refractivity contribution is -0.137. The SMILES string of the molecule is CC1CC(F)(F)CN(C(=O)c2nn(C)cc2-c2ccc(F)cc2)C1COc1ccc(C(F)(F)F)cn1. The minimum atomic E-state index is -4.57. The van der Waals surface area contributed by atoms with Crippen LogP contribution in [0.1, 0.15) is 29.4 Å². The van der Waals surface area contributed by atoms with Gasteiger partial charge in [-0.1, -0.05) is 19.1 Å². The number of ether oxygens (including phenoxy) is 1. The van der Waals surface area contributed by atoms with E-state index in [4.69, 9.17) is 4.74 Å². The molecule has 2 aromatic heterocycles. The lowest BCUT2D eigenvalue weighted by Crippen LogP contribution is -2.57. The normalized spacial score (nSPS) is 19.8. The molecule has 1 aromatic carbocycles. The summed E-state index contributed by atoms with van der Waals surface area (Å²) in [5, 5.41) is 4.17. The largest absolute Gasteiger partial charge is 0.475 e. The number of hydrogen-bond donors (Lipinski definition) is 0. The van der Waals surface area contributed by atoms with Crippen molar-refractivity contribution in [2.75, 3.05) is 13.2 Å². The molecule has 0 saturated carbocycles. The van der Waals surface area contributed by atoms with Crippen LogP contribution in [0.2, 0.25) is 0 Å². The third-order valence-electron chi connectivity index (χ3n) is 5.99. The van der Waals surface area contributed by atoms with E-state index < -0.39 is 54.3 Å². The van der Waals surface area contributed by atoms with Crippen LogP contribution in [0.15, 0.2) is 48.8 Å². The van der Waals surface area contributed by atoms with Gasteiger partial charge in [-0.05, 0) is 29.7 Å². The highest BCUT2D eigenvalue weighted by molar-refractivity contribution is 5.99. The van der Waals surface area contributed by atoms with E-state index in [2.05, 4.69) is 10.1 Å². The molecular weight excluding hydrogens is 490 g/mol. The van der Waals surface area contributed by atoms with Crippen LogP contribution in [0.25, 0.3) is 11.1 Å². The van der Waals surface area contributed by atoms with E-state index in [0.717, 1.165) is 17.0 Å². The Morgan fingerprint density at radius 1 is 1.17 bits per heavy atom. The van der Waals surface area contributed by atoms with Crippen molar-refractivity contribution in [2.24, 2.45) is 13.0 Å². The van der Waals surface area contributed by atoms with Gasteiger partial charge in [0.15, 0.2) is 5.69 Å². The number of aryl methyl sites for hydroxylation is 1. The van der Waals surface area contributed by atoms with E-state index >= 15 is 0 Å². The maximum Gasteiger partial charge on any atom is 0.417 e. The molecule has 0 spiro atoms. The topological polar surface area (TPSA) is 60.2 Å². The van der Waals surface area contributed by atoms with Gasteiger partial charge in [0.05, 0.1) is 18.2 Å². The van der Waals surface area contributed by atoms with Crippen LogP contribution < -0.4 is 4.74 Å². The molecule has 3 heterocycles. The molecule has 1 amide bonds. The first-order valence-corrected chi connectivity index (χ1v) is 11.0. The van der Waals surface area contributed by atoms with Crippen LogP contribution in [0.4, 0.5) is 26.3 Å². The Balaban J connectivity index is 1.60. The first kappa shape index (κ1) is 25.5. The van der Waals surface area contributed by atoms with Gasteiger partial charge in [0.25, 0.3) is 11.8 Å². The van der Waals surface area contributed by atoms with Crippen molar-refractivity contribution in [2.45, 2.75) is 31.5 Å². The molecule has 36 heavy (non-hydrogen) atoms. The summed E-state index contributed by atoms with van der Waals surface area (Å²) in [6.45, 7) is 0.394. The maximum absolute atomic E-state index is 14.5. The highest BCUT2D eigenvalue weighted by atomic mass is 19.4. The van der Waals surface area contributed by atoms with Crippen molar-refractivity contribution in [3.63, 3.8) is 0 Å². The molecular formula is C24H22F6N4O2. The number of benzene rings is 1. The van der Waals surface area contributed by atoms with Crippen LogP contribution in [0.5, 0.6) is 5.88 Å². The summed E-state index contributed by atoms with van der Waals surface area (Å²) in [6, 6.07) is 6.32. The number of alkyl halides is 5. The average Bonchev–Trinajstić information content (AvgIpc) is 3.19. The van der Waals surface area contributed by atoms with Gasteiger partial charge < -0.3 is 9.64 Å². The van der Waals surface area contributed by atoms with Gasteiger partial charge in [-0.2, -0.15) is 18.3 Å². The molecule has 192 valence electrons. The lowest BCUT2D eigenvalue weighted by atomic mass is 9.88. The van der Waals surface area contributed by atoms with E-state index in [1.54, 1.807) is 14.0 Å². The molecule has 1 saturated heterocycles. The summed E-state index contributed by atoms with van der Waals surface area (Å²) in [7, 11) is 1.56. The molecule has 3 aromatic rings. The second-order valence-electron chi connectivity index (χ2n) is 8.80. The molecule has 0 radical (unpaired) electrons. The number of rotatable bonds is 5. The van der Waals surface area contributed by atoms with Crippen LogP contribution >= 0.6 is 0 Å². The van der Waals surface area contributed by atoms with Crippen molar-refractivity contribution < 1.29 is 35.9 Å². The highest BCUT2D eigenvalue weighted by Gasteiger charge is 2.47. The molecule has 0 aliphatic carbocycles. The van der Waals surface area contributed by atoms with Crippen molar-refractivity contribution >= 4 is 5.91 Å². The number of piperidine rings is 1.